The number of carbonyl (C=O) groups is 1. The standard InChI is InChI=1S/C25H43N5O2.HI/c1-7-20(8-2)22(30-12-14-32-15-13-30)18-28-24(26-6)27-17-19-10-9-11-21(16-19)23(31)29-25(3,4)5;/h9-11,16,20,22H,7-8,12-15,17-18H2,1-6H3,(H,29,31)(H2,26,27,28);1H. The Morgan fingerprint density at radius 2 is 1.82 bits per heavy atom. The van der Waals surface area contributed by atoms with Crippen LogP contribution in [0.1, 0.15) is 63.4 Å². The molecule has 1 heterocycles. The molecule has 2 rings (SSSR count). The number of morpholine rings is 1. The van der Waals surface area contributed by atoms with Gasteiger partial charge in [0.05, 0.1) is 13.2 Å². The third-order valence-electron chi connectivity index (χ3n) is 5.95. The zero-order valence-electron chi connectivity index (χ0n) is 21.2. The summed E-state index contributed by atoms with van der Waals surface area (Å²) < 4.78 is 5.56. The van der Waals surface area contributed by atoms with Gasteiger partial charge in [0.2, 0.25) is 0 Å². The molecule has 0 aliphatic carbocycles. The average Bonchev–Trinajstić information content (AvgIpc) is 2.78. The van der Waals surface area contributed by atoms with Crippen LogP contribution < -0.4 is 16.0 Å². The Balaban J connectivity index is 0.00000544. The third kappa shape index (κ3) is 10.2. The molecule has 7 nitrogen and oxygen atoms in total. The van der Waals surface area contributed by atoms with Crippen molar-refractivity contribution in [3.8, 4) is 0 Å². The Bertz CT molecular complexity index is 741. The Morgan fingerprint density at radius 3 is 2.39 bits per heavy atom. The summed E-state index contributed by atoms with van der Waals surface area (Å²) in [5.41, 5.74) is 1.45. The molecule has 1 unspecified atom stereocenters. The Morgan fingerprint density at radius 1 is 1.15 bits per heavy atom. The minimum atomic E-state index is -0.261. The number of nitrogens with one attached hydrogen (secondary N) is 3. The van der Waals surface area contributed by atoms with E-state index in [-0.39, 0.29) is 35.4 Å². The average molecular weight is 574 g/mol. The first-order valence-electron chi connectivity index (χ1n) is 11.9. The van der Waals surface area contributed by atoms with E-state index in [0.29, 0.717) is 24.1 Å². The fraction of sp³-hybridized carbons (Fsp3) is 0.680. The lowest BCUT2D eigenvalue weighted by Crippen LogP contribution is -2.53. The second-order valence-corrected chi connectivity index (χ2v) is 9.50. The van der Waals surface area contributed by atoms with Crippen molar-refractivity contribution in [2.24, 2.45) is 10.9 Å². The maximum absolute atomic E-state index is 12.5. The molecule has 0 aromatic heterocycles. The van der Waals surface area contributed by atoms with Gasteiger partial charge in [-0.1, -0.05) is 38.8 Å². The van der Waals surface area contributed by atoms with Gasteiger partial charge in [-0.3, -0.25) is 14.7 Å². The number of hydrogen-bond donors (Lipinski definition) is 3. The minimum Gasteiger partial charge on any atom is -0.379 e. The van der Waals surface area contributed by atoms with Crippen molar-refractivity contribution in [1.29, 1.82) is 0 Å². The fourth-order valence-electron chi connectivity index (χ4n) is 4.18. The Hall–Kier alpha value is -1.39. The Labute approximate surface area is 217 Å². The monoisotopic (exact) mass is 573 g/mol. The molecule has 0 spiro atoms. The number of aliphatic imine (C=N–C) groups is 1. The Kier molecular flexibility index (Phi) is 13.3. The van der Waals surface area contributed by atoms with Crippen molar-refractivity contribution in [2.75, 3.05) is 39.9 Å². The quantitative estimate of drug-likeness (QED) is 0.239. The van der Waals surface area contributed by atoms with Crippen LogP contribution in [-0.2, 0) is 11.3 Å². The summed E-state index contributed by atoms with van der Waals surface area (Å²) in [6, 6.07) is 8.18. The number of guanidine groups is 1. The van der Waals surface area contributed by atoms with E-state index >= 15 is 0 Å². The molecule has 188 valence electrons. The van der Waals surface area contributed by atoms with Gasteiger partial charge in [0.1, 0.15) is 0 Å². The second kappa shape index (κ2) is 14.8. The summed E-state index contributed by atoms with van der Waals surface area (Å²) in [6.07, 6.45) is 2.32. The molecule has 0 saturated carbocycles. The molecule has 1 aliphatic heterocycles. The number of amides is 1. The molecular formula is C25H44IN5O2. The van der Waals surface area contributed by atoms with E-state index in [0.717, 1.165) is 57.2 Å². The molecule has 1 fully saturated rings. The highest BCUT2D eigenvalue weighted by Crippen LogP contribution is 2.19. The van der Waals surface area contributed by atoms with Crippen LogP contribution in [0.25, 0.3) is 0 Å². The molecule has 1 aliphatic rings. The SMILES string of the molecule is CCC(CC)C(CNC(=NC)NCc1cccc(C(=O)NC(C)(C)C)c1)N1CCOCC1.I. The lowest BCUT2D eigenvalue weighted by molar-refractivity contribution is 0.00272. The van der Waals surface area contributed by atoms with Crippen molar-refractivity contribution in [1.82, 2.24) is 20.9 Å². The summed E-state index contributed by atoms with van der Waals surface area (Å²) >= 11 is 0. The number of nitrogens with zero attached hydrogens (tertiary/aromatic N) is 2. The predicted octanol–water partition coefficient (Wildman–Crippen LogP) is 3.63. The van der Waals surface area contributed by atoms with Crippen molar-refractivity contribution >= 4 is 35.8 Å². The molecule has 8 heteroatoms. The van der Waals surface area contributed by atoms with Crippen LogP contribution in [0.15, 0.2) is 29.3 Å². The lowest BCUT2D eigenvalue weighted by Gasteiger charge is -2.39. The second-order valence-electron chi connectivity index (χ2n) is 9.50. The molecule has 1 aromatic rings. The number of rotatable bonds is 9. The lowest BCUT2D eigenvalue weighted by atomic mass is 9.92. The van der Waals surface area contributed by atoms with Crippen molar-refractivity contribution in [2.45, 2.75) is 65.6 Å². The van der Waals surface area contributed by atoms with Gasteiger partial charge in [-0.2, -0.15) is 0 Å². The fourth-order valence-corrected chi connectivity index (χ4v) is 4.18. The maximum Gasteiger partial charge on any atom is 0.251 e. The summed E-state index contributed by atoms with van der Waals surface area (Å²) in [5, 5.41) is 9.94. The molecule has 0 bridgehead atoms. The molecule has 1 aromatic carbocycles. The zero-order valence-corrected chi connectivity index (χ0v) is 23.6. The van der Waals surface area contributed by atoms with E-state index in [4.69, 9.17) is 4.74 Å². The molecule has 33 heavy (non-hydrogen) atoms. The smallest absolute Gasteiger partial charge is 0.251 e. The molecular weight excluding hydrogens is 529 g/mol. The topological polar surface area (TPSA) is 78.0 Å². The first-order valence-corrected chi connectivity index (χ1v) is 11.9. The maximum atomic E-state index is 12.5. The van der Waals surface area contributed by atoms with Crippen LogP contribution >= 0.6 is 24.0 Å². The molecule has 1 amide bonds. The normalized spacial score (nSPS) is 16.2. The van der Waals surface area contributed by atoms with Gasteiger partial charge in [0, 0.05) is 50.4 Å². The van der Waals surface area contributed by atoms with Gasteiger partial charge in [-0.25, -0.2) is 0 Å². The van der Waals surface area contributed by atoms with Crippen LogP contribution in [-0.4, -0.2) is 68.2 Å². The summed E-state index contributed by atoms with van der Waals surface area (Å²) in [7, 11) is 1.80. The molecule has 1 atom stereocenters. The summed E-state index contributed by atoms with van der Waals surface area (Å²) in [4.78, 5) is 19.4. The van der Waals surface area contributed by atoms with Crippen LogP contribution in [0.5, 0.6) is 0 Å². The van der Waals surface area contributed by atoms with Gasteiger partial charge in [0.25, 0.3) is 5.91 Å². The van der Waals surface area contributed by atoms with E-state index in [1.54, 1.807) is 7.05 Å². The molecule has 1 saturated heterocycles. The predicted molar refractivity (Wildman–Crippen MR) is 148 cm³/mol. The van der Waals surface area contributed by atoms with E-state index < -0.39 is 0 Å². The van der Waals surface area contributed by atoms with E-state index in [2.05, 4.69) is 39.7 Å². The van der Waals surface area contributed by atoms with E-state index in [9.17, 15) is 4.79 Å². The van der Waals surface area contributed by atoms with Gasteiger partial charge in [0.15, 0.2) is 5.96 Å². The summed E-state index contributed by atoms with van der Waals surface area (Å²) in [5.74, 6) is 1.36. The first kappa shape index (κ1) is 29.6. The number of benzene rings is 1. The van der Waals surface area contributed by atoms with Crippen LogP contribution in [0.2, 0.25) is 0 Å². The van der Waals surface area contributed by atoms with Gasteiger partial charge in [-0.15, -0.1) is 24.0 Å². The first-order chi connectivity index (χ1) is 15.3. The van der Waals surface area contributed by atoms with Gasteiger partial charge >= 0.3 is 0 Å². The number of hydrogen-bond acceptors (Lipinski definition) is 4. The highest BCUT2D eigenvalue weighted by atomic mass is 127. The number of halogens is 1. The highest BCUT2D eigenvalue weighted by molar-refractivity contribution is 14.0. The number of carbonyl (C=O) groups excluding carboxylic acids is 1. The highest BCUT2D eigenvalue weighted by Gasteiger charge is 2.27. The molecule has 3 N–H and O–H groups in total. The van der Waals surface area contributed by atoms with Gasteiger partial charge < -0.3 is 20.7 Å². The largest absolute Gasteiger partial charge is 0.379 e. The molecule has 0 radical (unpaired) electrons. The van der Waals surface area contributed by atoms with Crippen molar-refractivity contribution in [3.05, 3.63) is 35.4 Å². The van der Waals surface area contributed by atoms with E-state index in [1.807, 2.05) is 45.0 Å². The van der Waals surface area contributed by atoms with Crippen molar-refractivity contribution < 1.29 is 9.53 Å². The minimum absolute atomic E-state index is 0. The van der Waals surface area contributed by atoms with Gasteiger partial charge in [-0.05, 0) is 44.4 Å². The zero-order chi connectivity index (χ0) is 23.6. The summed E-state index contributed by atoms with van der Waals surface area (Å²) in [6.45, 7) is 15.5. The van der Waals surface area contributed by atoms with Crippen LogP contribution in [0, 0.1) is 5.92 Å². The third-order valence-corrected chi connectivity index (χ3v) is 5.95. The van der Waals surface area contributed by atoms with Crippen LogP contribution in [0.3, 0.4) is 0 Å². The number of ether oxygens (including phenoxy) is 1. The van der Waals surface area contributed by atoms with E-state index in [1.165, 1.54) is 0 Å². The van der Waals surface area contributed by atoms with Crippen LogP contribution in [0.4, 0.5) is 0 Å². The van der Waals surface area contributed by atoms with Crippen molar-refractivity contribution in [3.63, 3.8) is 0 Å².